The minimum Gasteiger partial charge on any atom is -0.384 e. The van der Waals surface area contributed by atoms with Crippen molar-refractivity contribution in [2.24, 2.45) is 0 Å². The molecule has 0 saturated heterocycles. The fraction of sp³-hybridized carbons (Fsp3) is 0. The van der Waals surface area contributed by atoms with Crippen molar-refractivity contribution in [3.05, 3.63) is 42.2 Å². The number of hydrogen-bond acceptors (Lipinski definition) is 4. The molecule has 0 radical (unpaired) electrons. The van der Waals surface area contributed by atoms with Gasteiger partial charge in [-0.15, -0.1) is 0 Å². The van der Waals surface area contributed by atoms with Gasteiger partial charge in [-0.05, 0) is 24.3 Å². The molecule has 0 unspecified atom stereocenters. The van der Waals surface area contributed by atoms with Crippen molar-refractivity contribution in [1.29, 1.82) is 5.26 Å². The van der Waals surface area contributed by atoms with E-state index in [4.69, 9.17) is 11.0 Å². The average molecular weight is 196 g/mol. The van der Waals surface area contributed by atoms with Crippen LogP contribution in [0.4, 0.5) is 5.82 Å². The number of hydrogen-bond donors (Lipinski definition) is 1. The molecule has 0 aliphatic carbocycles. The van der Waals surface area contributed by atoms with Crippen molar-refractivity contribution < 1.29 is 0 Å². The van der Waals surface area contributed by atoms with Crippen molar-refractivity contribution >= 4 is 5.82 Å². The second-order valence-electron chi connectivity index (χ2n) is 2.99. The highest BCUT2D eigenvalue weighted by Crippen LogP contribution is 2.16. The molecular formula is C11H8N4. The highest BCUT2D eigenvalue weighted by molar-refractivity contribution is 5.59. The first-order valence-corrected chi connectivity index (χ1v) is 4.38. The Kier molecular flexibility index (Phi) is 2.30. The fourth-order valence-electron chi connectivity index (χ4n) is 1.22. The number of aromatic nitrogens is 2. The van der Waals surface area contributed by atoms with Crippen molar-refractivity contribution in [1.82, 2.24) is 9.97 Å². The maximum atomic E-state index is 8.60. The van der Waals surface area contributed by atoms with Crippen LogP contribution in [0, 0.1) is 11.3 Å². The number of nitriles is 1. The molecule has 0 saturated carbocycles. The van der Waals surface area contributed by atoms with E-state index in [1.165, 1.54) is 0 Å². The standard InChI is InChI=1S/C11H8N4/c12-6-9-5-4-8(7-14-9)10-2-1-3-11(13)15-10/h1-5,7H,(H2,13,15). The molecule has 2 rings (SSSR count). The Labute approximate surface area is 87.0 Å². The quantitative estimate of drug-likeness (QED) is 0.751. The van der Waals surface area contributed by atoms with Crippen LogP contribution in [-0.2, 0) is 0 Å². The third-order valence-corrected chi connectivity index (χ3v) is 1.94. The minimum atomic E-state index is 0.391. The molecule has 15 heavy (non-hydrogen) atoms. The van der Waals surface area contributed by atoms with Crippen LogP contribution < -0.4 is 5.73 Å². The van der Waals surface area contributed by atoms with Gasteiger partial charge in [0.15, 0.2) is 0 Å². The van der Waals surface area contributed by atoms with Gasteiger partial charge in [0.2, 0.25) is 0 Å². The Bertz CT molecular complexity index is 511. The van der Waals surface area contributed by atoms with Crippen molar-refractivity contribution in [3.8, 4) is 17.3 Å². The van der Waals surface area contributed by atoms with Gasteiger partial charge < -0.3 is 5.73 Å². The van der Waals surface area contributed by atoms with E-state index in [0.717, 1.165) is 11.3 Å². The summed E-state index contributed by atoms with van der Waals surface area (Å²) in [5.74, 6) is 0.469. The lowest BCUT2D eigenvalue weighted by Crippen LogP contribution is -1.92. The Morgan fingerprint density at radius 3 is 2.67 bits per heavy atom. The van der Waals surface area contributed by atoms with E-state index in [9.17, 15) is 0 Å². The number of pyridine rings is 2. The summed E-state index contributed by atoms with van der Waals surface area (Å²) >= 11 is 0. The summed E-state index contributed by atoms with van der Waals surface area (Å²) in [4.78, 5) is 8.12. The van der Waals surface area contributed by atoms with Gasteiger partial charge in [0, 0.05) is 11.8 Å². The van der Waals surface area contributed by atoms with Crippen LogP contribution in [0.3, 0.4) is 0 Å². The van der Waals surface area contributed by atoms with Crippen LogP contribution in [0.5, 0.6) is 0 Å². The lowest BCUT2D eigenvalue weighted by Gasteiger charge is -2.00. The lowest BCUT2D eigenvalue weighted by atomic mass is 10.2. The van der Waals surface area contributed by atoms with Gasteiger partial charge in [0.1, 0.15) is 17.6 Å². The molecule has 0 fully saturated rings. The summed E-state index contributed by atoms with van der Waals surface area (Å²) in [6, 6.07) is 10.8. The predicted molar refractivity (Wildman–Crippen MR) is 56.6 cm³/mol. The molecule has 4 nitrogen and oxygen atoms in total. The molecule has 0 amide bonds. The lowest BCUT2D eigenvalue weighted by molar-refractivity contribution is 1.24. The number of nitrogens with two attached hydrogens (primary N) is 1. The van der Waals surface area contributed by atoms with E-state index in [2.05, 4.69) is 9.97 Å². The Morgan fingerprint density at radius 1 is 1.20 bits per heavy atom. The van der Waals surface area contributed by atoms with Gasteiger partial charge in [-0.2, -0.15) is 5.26 Å². The third-order valence-electron chi connectivity index (χ3n) is 1.94. The average Bonchev–Trinajstić information content (AvgIpc) is 2.29. The molecule has 0 aliphatic rings. The Morgan fingerprint density at radius 2 is 2.07 bits per heavy atom. The van der Waals surface area contributed by atoms with Gasteiger partial charge in [0.05, 0.1) is 5.69 Å². The SMILES string of the molecule is N#Cc1ccc(-c2cccc(N)n2)cn1. The molecule has 2 N–H and O–H groups in total. The monoisotopic (exact) mass is 196 g/mol. The van der Waals surface area contributed by atoms with Crippen LogP contribution in [-0.4, -0.2) is 9.97 Å². The van der Waals surface area contributed by atoms with Crippen molar-refractivity contribution in [2.75, 3.05) is 5.73 Å². The highest BCUT2D eigenvalue weighted by Gasteiger charge is 2.00. The maximum Gasteiger partial charge on any atom is 0.140 e. The van der Waals surface area contributed by atoms with Gasteiger partial charge in [-0.25, -0.2) is 9.97 Å². The summed E-state index contributed by atoms with van der Waals surface area (Å²) in [6.45, 7) is 0. The molecule has 0 spiro atoms. The summed E-state index contributed by atoms with van der Waals surface area (Å²) in [5.41, 5.74) is 7.56. The maximum absolute atomic E-state index is 8.60. The molecule has 2 aromatic rings. The van der Waals surface area contributed by atoms with Crippen LogP contribution in [0.2, 0.25) is 0 Å². The number of rotatable bonds is 1. The number of nitrogen functional groups attached to an aromatic ring is 1. The number of nitrogens with zero attached hydrogens (tertiary/aromatic N) is 3. The molecule has 0 aliphatic heterocycles. The zero-order valence-electron chi connectivity index (χ0n) is 7.88. The van der Waals surface area contributed by atoms with Crippen molar-refractivity contribution in [3.63, 3.8) is 0 Å². The van der Waals surface area contributed by atoms with Crippen LogP contribution in [0.1, 0.15) is 5.69 Å². The molecule has 2 aromatic heterocycles. The van der Waals surface area contributed by atoms with E-state index in [-0.39, 0.29) is 0 Å². The second kappa shape index (κ2) is 3.76. The fourth-order valence-corrected chi connectivity index (χ4v) is 1.22. The Hall–Kier alpha value is -2.41. The molecule has 0 bridgehead atoms. The Balaban J connectivity index is 2.42. The van der Waals surface area contributed by atoms with Crippen LogP contribution in [0.15, 0.2) is 36.5 Å². The minimum absolute atomic E-state index is 0.391. The molecule has 0 aromatic carbocycles. The molecule has 72 valence electrons. The van der Waals surface area contributed by atoms with Gasteiger partial charge in [0.25, 0.3) is 0 Å². The van der Waals surface area contributed by atoms with Gasteiger partial charge >= 0.3 is 0 Å². The van der Waals surface area contributed by atoms with E-state index in [1.807, 2.05) is 18.2 Å². The zero-order chi connectivity index (χ0) is 10.7. The second-order valence-corrected chi connectivity index (χ2v) is 2.99. The summed E-state index contributed by atoms with van der Waals surface area (Å²) in [5, 5.41) is 8.60. The van der Waals surface area contributed by atoms with Crippen LogP contribution in [0.25, 0.3) is 11.3 Å². The smallest absolute Gasteiger partial charge is 0.140 e. The van der Waals surface area contributed by atoms with Gasteiger partial charge in [-0.1, -0.05) is 6.07 Å². The predicted octanol–water partition coefficient (Wildman–Crippen LogP) is 1.60. The number of anilines is 1. The van der Waals surface area contributed by atoms with E-state index < -0.39 is 0 Å². The van der Waals surface area contributed by atoms with E-state index in [1.54, 1.807) is 24.4 Å². The summed E-state index contributed by atoms with van der Waals surface area (Å²) < 4.78 is 0. The van der Waals surface area contributed by atoms with E-state index >= 15 is 0 Å². The molecule has 0 atom stereocenters. The first-order chi connectivity index (χ1) is 7.29. The topological polar surface area (TPSA) is 75.6 Å². The molecule has 4 heteroatoms. The van der Waals surface area contributed by atoms with Crippen molar-refractivity contribution in [2.45, 2.75) is 0 Å². The van der Waals surface area contributed by atoms with Crippen LogP contribution >= 0.6 is 0 Å². The first-order valence-electron chi connectivity index (χ1n) is 4.38. The molecule has 2 heterocycles. The highest BCUT2D eigenvalue weighted by atomic mass is 14.8. The largest absolute Gasteiger partial charge is 0.384 e. The normalized spacial score (nSPS) is 9.53. The van der Waals surface area contributed by atoms with E-state index in [0.29, 0.717) is 11.5 Å². The van der Waals surface area contributed by atoms with Gasteiger partial charge in [-0.3, -0.25) is 0 Å². The third kappa shape index (κ3) is 1.92. The molecular weight excluding hydrogens is 188 g/mol. The first kappa shape index (κ1) is 9.16. The summed E-state index contributed by atoms with van der Waals surface area (Å²) in [6.07, 6.45) is 1.61. The summed E-state index contributed by atoms with van der Waals surface area (Å²) in [7, 11) is 0. The zero-order valence-corrected chi connectivity index (χ0v) is 7.88.